The molecule has 0 saturated heterocycles. The van der Waals surface area contributed by atoms with Crippen molar-refractivity contribution >= 4 is 16.7 Å². The Morgan fingerprint density at radius 1 is 1.28 bits per heavy atom. The highest BCUT2D eigenvalue weighted by Crippen LogP contribution is 2.34. The Hall–Kier alpha value is -2.96. The summed E-state index contributed by atoms with van der Waals surface area (Å²) in [6.07, 6.45) is 7.88. The van der Waals surface area contributed by atoms with Gasteiger partial charge in [0.25, 0.3) is 0 Å². The van der Waals surface area contributed by atoms with Gasteiger partial charge in [-0.1, -0.05) is 0 Å². The maximum atomic E-state index is 5.41. The van der Waals surface area contributed by atoms with Gasteiger partial charge in [0.1, 0.15) is 17.7 Å². The van der Waals surface area contributed by atoms with Crippen molar-refractivity contribution in [3.63, 3.8) is 0 Å². The molecule has 7 nitrogen and oxygen atoms in total. The Balaban J connectivity index is 1.70. The van der Waals surface area contributed by atoms with Crippen molar-refractivity contribution in [1.82, 2.24) is 29.1 Å². The van der Waals surface area contributed by atoms with Crippen LogP contribution in [0.25, 0.3) is 27.8 Å². The molecule has 0 spiro atoms. The lowest BCUT2D eigenvalue weighted by molar-refractivity contribution is 0.399. The van der Waals surface area contributed by atoms with E-state index in [1.807, 2.05) is 25.4 Å². The van der Waals surface area contributed by atoms with Gasteiger partial charge in [-0.25, -0.2) is 14.5 Å². The van der Waals surface area contributed by atoms with Crippen molar-refractivity contribution in [1.29, 1.82) is 0 Å². The Bertz CT molecular complexity index is 1090. The molecule has 0 N–H and O–H groups in total. The Kier molecular flexibility index (Phi) is 3.03. The molecule has 4 aromatic rings. The van der Waals surface area contributed by atoms with Crippen molar-refractivity contribution in [2.75, 3.05) is 7.11 Å². The fourth-order valence-corrected chi connectivity index (χ4v) is 3.36. The minimum absolute atomic E-state index is 0.553. The number of fused-ring (bicyclic) bond motifs is 2. The van der Waals surface area contributed by atoms with E-state index in [1.165, 1.54) is 19.2 Å². The van der Waals surface area contributed by atoms with Crippen LogP contribution in [0.15, 0.2) is 30.9 Å². The van der Waals surface area contributed by atoms with Gasteiger partial charge in [-0.3, -0.25) is 0 Å². The van der Waals surface area contributed by atoms with Crippen LogP contribution in [0.3, 0.4) is 0 Å². The Morgan fingerprint density at radius 3 is 2.96 bits per heavy atom. The lowest BCUT2D eigenvalue weighted by Gasteiger charge is -2.07. The molecule has 0 aliphatic heterocycles. The van der Waals surface area contributed by atoms with Crippen molar-refractivity contribution in [2.45, 2.75) is 26.3 Å². The molecule has 25 heavy (non-hydrogen) atoms. The average Bonchev–Trinajstić information content (AvgIpc) is 3.26. The zero-order valence-electron chi connectivity index (χ0n) is 14.2. The minimum Gasteiger partial charge on any atom is -0.479 e. The largest absolute Gasteiger partial charge is 0.479 e. The molecule has 0 unspecified atom stereocenters. The predicted octanol–water partition coefficient (Wildman–Crippen LogP) is 2.87. The van der Waals surface area contributed by atoms with Crippen LogP contribution in [0, 0.1) is 12.8 Å². The smallest absolute Gasteiger partial charge is 0.241 e. The van der Waals surface area contributed by atoms with Gasteiger partial charge in [0, 0.05) is 30.1 Å². The molecule has 1 aliphatic carbocycles. The fourth-order valence-electron chi connectivity index (χ4n) is 3.36. The topological polar surface area (TPSA) is 70.1 Å². The normalized spacial score (nSPS) is 14.5. The van der Waals surface area contributed by atoms with Crippen LogP contribution >= 0.6 is 0 Å². The zero-order chi connectivity index (χ0) is 17.0. The van der Waals surface area contributed by atoms with E-state index in [1.54, 1.807) is 11.6 Å². The standard InChI is InChI=1S/C18H18N6O/c1-11-22-17-15(23(11)9-12-3-4-12)7-13(8-19-17)14-5-6-24-16(14)18(25-2)20-10-21-24/h5-8,10,12H,3-4,9H2,1-2H3. The first kappa shape index (κ1) is 14.4. The van der Waals surface area contributed by atoms with E-state index >= 15 is 0 Å². The zero-order valence-corrected chi connectivity index (χ0v) is 14.2. The summed E-state index contributed by atoms with van der Waals surface area (Å²) in [4.78, 5) is 13.4. The van der Waals surface area contributed by atoms with Crippen LogP contribution in [0.4, 0.5) is 0 Å². The lowest BCUT2D eigenvalue weighted by atomic mass is 10.1. The number of ether oxygens (including phenoxy) is 1. The highest BCUT2D eigenvalue weighted by atomic mass is 16.5. The van der Waals surface area contributed by atoms with Crippen LogP contribution in [-0.4, -0.2) is 36.2 Å². The van der Waals surface area contributed by atoms with E-state index < -0.39 is 0 Å². The van der Waals surface area contributed by atoms with Gasteiger partial charge in [-0.2, -0.15) is 10.1 Å². The molecule has 1 fully saturated rings. The Morgan fingerprint density at radius 2 is 2.16 bits per heavy atom. The Labute approximate surface area is 144 Å². The highest BCUT2D eigenvalue weighted by molar-refractivity contribution is 5.87. The highest BCUT2D eigenvalue weighted by Gasteiger charge is 2.24. The van der Waals surface area contributed by atoms with Gasteiger partial charge in [0.05, 0.1) is 12.6 Å². The summed E-state index contributed by atoms with van der Waals surface area (Å²) in [6.45, 7) is 3.07. The van der Waals surface area contributed by atoms with Crippen LogP contribution in [-0.2, 0) is 6.54 Å². The molecule has 0 bridgehead atoms. The second-order valence-electron chi connectivity index (χ2n) is 6.57. The third-order valence-electron chi connectivity index (χ3n) is 4.86. The average molecular weight is 334 g/mol. The molecule has 5 rings (SSSR count). The molecule has 4 aromatic heterocycles. The van der Waals surface area contributed by atoms with Crippen LogP contribution in [0.2, 0.25) is 0 Å². The molecule has 0 atom stereocenters. The van der Waals surface area contributed by atoms with Gasteiger partial charge in [-0.15, -0.1) is 0 Å². The molecular weight excluding hydrogens is 316 g/mol. The summed E-state index contributed by atoms with van der Waals surface area (Å²) in [7, 11) is 1.62. The maximum absolute atomic E-state index is 5.41. The molecule has 1 aliphatic rings. The van der Waals surface area contributed by atoms with E-state index in [9.17, 15) is 0 Å². The summed E-state index contributed by atoms with van der Waals surface area (Å²) in [5, 5.41) is 4.26. The van der Waals surface area contributed by atoms with Gasteiger partial charge < -0.3 is 9.30 Å². The van der Waals surface area contributed by atoms with E-state index in [4.69, 9.17) is 4.74 Å². The van der Waals surface area contributed by atoms with E-state index in [0.717, 1.165) is 46.1 Å². The molecule has 0 amide bonds. The lowest BCUT2D eigenvalue weighted by Crippen LogP contribution is -2.02. The number of imidazole rings is 1. The molecule has 1 saturated carbocycles. The van der Waals surface area contributed by atoms with Gasteiger partial charge in [0.2, 0.25) is 5.88 Å². The number of rotatable bonds is 4. The SMILES string of the molecule is COc1ncnn2ccc(-c3cnc4nc(C)n(CC5CC5)c4c3)c12. The van der Waals surface area contributed by atoms with E-state index in [0.29, 0.717) is 5.88 Å². The molecule has 0 aromatic carbocycles. The number of aryl methyl sites for hydroxylation is 1. The first-order valence-corrected chi connectivity index (χ1v) is 8.44. The second kappa shape index (κ2) is 5.27. The summed E-state index contributed by atoms with van der Waals surface area (Å²) < 4.78 is 9.48. The fraction of sp³-hybridized carbons (Fsp3) is 0.333. The third kappa shape index (κ3) is 2.26. The second-order valence-corrected chi connectivity index (χ2v) is 6.57. The summed E-state index contributed by atoms with van der Waals surface area (Å²) in [6, 6.07) is 4.18. The number of nitrogens with zero attached hydrogens (tertiary/aromatic N) is 6. The first-order valence-electron chi connectivity index (χ1n) is 8.44. The van der Waals surface area contributed by atoms with Crippen molar-refractivity contribution in [3.05, 3.63) is 36.7 Å². The monoisotopic (exact) mass is 334 g/mol. The molecular formula is C18H18N6O. The third-order valence-corrected chi connectivity index (χ3v) is 4.86. The van der Waals surface area contributed by atoms with Crippen molar-refractivity contribution in [3.8, 4) is 17.0 Å². The molecule has 0 radical (unpaired) electrons. The summed E-state index contributed by atoms with van der Waals surface area (Å²) in [5.41, 5.74) is 4.74. The van der Waals surface area contributed by atoms with Gasteiger partial charge in [-0.05, 0) is 37.8 Å². The first-order chi connectivity index (χ1) is 12.2. The number of hydrogen-bond donors (Lipinski definition) is 0. The van der Waals surface area contributed by atoms with E-state index in [-0.39, 0.29) is 0 Å². The van der Waals surface area contributed by atoms with E-state index in [2.05, 4.69) is 30.7 Å². The number of aromatic nitrogens is 6. The quantitative estimate of drug-likeness (QED) is 0.574. The van der Waals surface area contributed by atoms with Crippen LogP contribution in [0.1, 0.15) is 18.7 Å². The van der Waals surface area contributed by atoms with Crippen molar-refractivity contribution < 1.29 is 4.74 Å². The number of hydrogen-bond acceptors (Lipinski definition) is 5. The minimum atomic E-state index is 0.553. The molecule has 4 heterocycles. The van der Waals surface area contributed by atoms with Gasteiger partial charge >= 0.3 is 0 Å². The van der Waals surface area contributed by atoms with Crippen molar-refractivity contribution in [2.24, 2.45) is 5.92 Å². The predicted molar refractivity (Wildman–Crippen MR) is 93.5 cm³/mol. The van der Waals surface area contributed by atoms with Crippen LogP contribution < -0.4 is 4.74 Å². The summed E-state index contributed by atoms with van der Waals surface area (Å²) in [5.74, 6) is 2.36. The summed E-state index contributed by atoms with van der Waals surface area (Å²) >= 11 is 0. The molecule has 7 heteroatoms. The number of pyridine rings is 1. The number of methoxy groups -OCH3 is 1. The van der Waals surface area contributed by atoms with Crippen LogP contribution in [0.5, 0.6) is 5.88 Å². The maximum Gasteiger partial charge on any atom is 0.241 e. The molecule has 126 valence electrons. The van der Waals surface area contributed by atoms with Gasteiger partial charge in [0.15, 0.2) is 5.65 Å².